The molecule has 1 heterocycles. The van der Waals surface area contributed by atoms with Gasteiger partial charge in [0.05, 0.1) is 3.57 Å². The van der Waals surface area contributed by atoms with Crippen LogP contribution in [0.4, 0.5) is 0 Å². The van der Waals surface area contributed by atoms with Crippen LogP contribution in [0.2, 0.25) is 5.15 Å². The summed E-state index contributed by atoms with van der Waals surface area (Å²) in [7, 11) is 0. The van der Waals surface area contributed by atoms with Crippen LogP contribution in [-0.2, 0) is 0 Å². The van der Waals surface area contributed by atoms with E-state index in [4.69, 9.17) is 11.6 Å². The normalized spacial score (nSPS) is 9.92. The molecule has 0 aliphatic heterocycles. The molecule has 12 heavy (non-hydrogen) atoms. The minimum atomic E-state index is -0.171. The third-order valence-corrected chi connectivity index (χ3v) is 2.35. The quantitative estimate of drug-likeness (QED) is 0.491. The minimum absolute atomic E-state index is 0.0351. The van der Waals surface area contributed by atoms with Gasteiger partial charge in [0.2, 0.25) is 0 Å². The molecule has 3 nitrogen and oxygen atoms in total. The molecule has 0 saturated carbocycles. The second-order valence-corrected chi connectivity index (χ2v) is 3.71. The SMILES string of the molecule is CC(=O)c1cc(I)c(O)c(Cl)n1. The molecule has 0 unspecified atom stereocenters. The van der Waals surface area contributed by atoms with Gasteiger partial charge in [-0.2, -0.15) is 0 Å². The fourth-order valence-electron chi connectivity index (χ4n) is 0.658. The molecule has 0 atom stereocenters. The Morgan fingerprint density at radius 3 is 2.75 bits per heavy atom. The molecular weight excluding hydrogens is 292 g/mol. The van der Waals surface area contributed by atoms with Crippen molar-refractivity contribution >= 4 is 40.0 Å². The van der Waals surface area contributed by atoms with Crippen LogP contribution in [0.15, 0.2) is 6.07 Å². The number of aromatic nitrogens is 1. The average molecular weight is 297 g/mol. The van der Waals surface area contributed by atoms with E-state index in [1.165, 1.54) is 13.0 Å². The van der Waals surface area contributed by atoms with Crippen LogP contribution in [0.1, 0.15) is 17.4 Å². The average Bonchev–Trinajstić information content (AvgIpc) is 1.99. The second kappa shape index (κ2) is 3.57. The number of hydrogen-bond acceptors (Lipinski definition) is 3. The van der Waals surface area contributed by atoms with E-state index >= 15 is 0 Å². The summed E-state index contributed by atoms with van der Waals surface area (Å²) in [5.41, 5.74) is 0.266. The molecule has 1 rings (SSSR count). The first-order valence-corrected chi connectivity index (χ1v) is 4.54. The van der Waals surface area contributed by atoms with Crippen LogP contribution in [0.3, 0.4) is 0 Å². The monoisotopic (exact) mass is 297 g/mol. The van der Waals surface area contributed by atoms with Crippen LogP contribution < -0.4 is 0 Å². The molecule has 5 heteroatoms. The minimum Gasteiger partial charge on any atom is -0.504 e. The Labute approximate surface area is 87.9 Å². The zero-order valence-electron chi connectivity index (χ0n) is 6.14. The first-order valence-electron chi connectivity index (χ1n) is 3.08. The maximum absolute atomic E-state index is 10.9. The van der Waals surface area contributed by atoms with Crippen molar-refractivity contribution in [3.63, 3.8) is 0 Å². The van der Waals surface area contributed by atoms with E-state index in [1.54, 1.807) is 0 Å². The molecule has 0 saturated heterocycles. The van der Waals surface area contributed by atoms with E-state index in [-0.39, 0.29) is 22.4 Å². The number of aromatic hydroxyl groups is 1. The van der Waals surface area contributed by atoms with Crippen molar-refractivity contribution in [2.75, 3.05) is 0 Å². The van der Waals surface area contributed by atoms with Crippen molar-refractivity contribution in [1.29, 1.82) is 0 Å². The van der Waals surface area contributed by atoms with Crippen LogP contribution >= 0.6 is 34.2 Å². The zero-order valence-corrected chi connectivity index (χ0v) is 9.05. The Balaban J connectivity index is 3.31. The summed E-state index contributed by atoms with van der Waals surface area (Å²) in [5.74, 6) is -0.253. The Hall–Kier alpha value is -0.360. The summed E-state index contributed by atoms with van der Waals surface area (Å²) in [6.45, 7) is 1.39. The van der Waals surface area contributed by atoms with Gasteiger partial charge in [0.15, 0.2) is 16.7 Å². The van der Waals surface area contributed by atoms with Crippen molar-refractivity contribution in [3.05, 3.63) is 20.5 Å². The highest BCUT2D eigenvalue weighted by atomic mass is 127. The smallest absolute Gasteiger partial charge is 0.178 e. The molecule has 0 amide bonds. The molecule has 1 N–H and O–H groups in total. The van der Waals surface area contributed by atoms with E-state index < -0.39 is 0 Å². The summed E-state index contributed by atoms with van der Waals surface area (Å²) >= 11 is 7.43. The second-order valence-electron chi connectivity index (χ2n) is 2.18. The molecule has 0 fully saturated rings. The number of halogens is 2. The summed E-state index contributed by atoms with van der Waals surface area (Å²) in [6.07, 6.45) is 0. The van der Waals surface area contributed by atoms with Gasteiger partial charge in [-0.15, -0.1) is 0 Å². The van der Waals surface area contributed by atoms with Gasteiger partial charge in [-0.05, 0) is 28.7 Å². The number of pyridine rings is 1. The van der Waals surface area contributed by atoms with Gasteiger partial charge in [0.1, 0.15) is 5.69 Å². The lowest BCUT2D eigenvalue weighted by Gasteiger charge is -2.00. The first kappa shape index (κ1) is 9.73. The van der Waals surface area contributed by atoms with Crippen LogP contribution in [0.25, 0.3) is 0 Å². The molecule has 1 aromatic rings. The Bertz CT molecular complexity index is 317. The Morgan fingerprint density at radius 1 is 1.75 bits per heavy atom. The predicted molar refractivity (Wildman–Crippen MR) is 53.6 cm³/mol. The molecule has 0 aliphatic rings. The maximum Gasteiger partial charge on any atom is 0.178 e. The van der Waals surface area contributed by atoms with Crippen molar-refractivity contribution in [1.82, 2.24) is 4.98 Å². The number of carbonyl (C=O) groups is 1. The number of hydrogen-bond donors (Lipinski definition) is 1. The molecule has 0 spiro atoms. The lowest BCUT2D eigenvalue weighted by Crippen LogP contribution is -1.97. The summed E-state index contributed by atoms with van der Waals surface area (Å²) < 4.78 is 0.526. The zero-order chi connectivity index (χ0) is 9.30. The van der Waals surface area contributed by atoms with Gasteiger partial charge in [-0.25, -0.2) is 4.98 Å². The highest BCUT2D eigenvalue weighted by molar-refractivity contribution is 14.1. The van der Waals surface area contributed by atoms with Crippen molar-refractivity contribution in [3.8, 4) is 5.75 Å². The van der Waals surface area contributed by atoms with Gasteiger partial charge < -0.3 is 5.11 Å². The van der Waals surface area contributed by atoms with Gasteiger partial charge >= 0.3 is 0 Å². The fraction of sp³-hybridized carbons (Fsp3) is 0.143. The van der Waals surface area contributed by atoms with Crippen molar-refractivity contribution in [2.24, 2.45) is 0 Å². The third kappa shape index (κ3) is 1.87. The van der Waals surface area contributed by atoms with E-state index in [9.17, 15) is 9.90 Å². The number of Topliss-reactive ketones (excluding diaryl/α,β-unsaturated/α-hetero) is 1. The largest absolute Gasteiger partial charge is 0.504 e. The van der Waals surface area contributed by atoms with Crippen LogP contribution in [-0.4, -0.2) is 15.9 Å². The summed E-state index contributed by atoms with van der Waals surface area (Å²) in [4.78, 5) is 14.5. The number of nitrogens with zero attached hydrogens (tertiary/aromatic N) is 1. The molecule has 0 radical (unpaired) electrons. The molecule has 0 aliphatic carbocycles. The lowest BCUT2D eigenvalue weighted by atomic mass is 10.3. The Morgan fingerprint density at radius 2 is 2.33 bits per heavy atom. The topological polar surface area (TPSA) is 50.2 Å². The lowest BCUT2D eigenvalue weighted by molar-refractivity contribution is 0.101. The van der Waals surface area contributed by atoms with Gasteiger partial charge in [-0.1, -0.05) is 11.6 Å². The highest BCUT2D eigenvalue weighted by Crippen LogP contribution is 2.27. The van der Waals surface area contributed by atoms with E-state index in [2.05, 4.69) is 4.98 Å². The van der Waals surface area contributed by atoms with Gasteiger partial charge in [0.25, 0.3) is 0 Å². The fourth-order valence-corrected chi connectivity index (χ4v) is 1.56. The van der Waals surface area contributed by atoms with E-state index in [0.717, 1.165) is 0 Å². The molecule has 1 aromatic heterocycles. The predicted octanol–water partition coefficient (Wildman–Crippen LogP) is 2.25. The summed E-state index contributed by atoms with van der Waals surface area (Å²) in [5, 5.41) is 9.16. The van der Waals surface area contributed by atoms with Crippen molar-refractivity contribution in [2.45, 2.75) is 6.92 Å². The van der Waals surface area contributed by atoms with Gasteiger partial charge in [0, 0.05) is 6.92 Å². The molecular formula is C7H5ClINO2. The summed E-state index contributed by atoms with van der Waals surface area (Å²) in [6, 6.07) is 1.49. The standard InChI is InChI=1S/C7H5ClINO2/c1-3(11)5-2-4(9)6(12)7(8)10-5/h2,12H,1H3. The first-order chi connectivity index (χ1) is 5.52. The van der Waals surface area contributed by atoms with Crippen molar-refractivity contribution < 1.29 is 9.90 Å². The van der Waals surface area contributed by atoms with E-state index in [1.807, 2.05) is 22.6 Å². The highest BCUT2D eigenvalue weighted by Gasteiger charge is 2.09. The van der Waals surface area contributed by atoms with Gasteiger partial charge in [-0.3, -0.25) is 4.79 Å². The molecule has 0 bridgehead atoms. The Kier molecular flexibility index (Phi) is 2.89. The molecule has 64 valence electrons. The van der Waals surface area contributed by atoms with E-state index in [0.29, 0.717) is 3.57 Å². The van der Waals surface area contributed by atoms with Crippen LogP contribution in [0, 0.1) is 3.57 Å². The third-order valence-electron chi connectivity index (χ3n) is 1.26. The number of carbonyl (C=O) groups excluding carboxylic acids is 1. The molecule has 0 aromatic carbocycles. The van der Waals surface area contributed by atoms with Crippen LogP contribution in [0.5, 0.6) is 5.75 Å². The maximum atomic E-state index is 10.9. The number of ketones is 1. The number of rotatable bonds is 1.